The van der Waals surface area contributed by atoms with Crippen LogP contribution in [0.1, 0.15) is 36.3 Å². The first-order valence-corrected chi connectivity index (χ1v) is 4.88. The quantitative estimate of drug-likeness (QED) is 0.550. The average Bonchev–Trinajstić information content (AvgIpc) is 2.67. The normalized spacial score (nSPS) is 10.3. The van der Waals surface area contributed by atoms with Gasteiger partial charge in [0, 0.05) is 13.0 Å². The van der Waals surface area contributed by atoms with Crippen molar-refractivity contribution in [2.45, 2.75) is 26.2 Å². The summed E-state index contributed by atoms with van der Waals surface area (Å²) < 4.78 is 9.54. The van der Waals surface area contributed by atoms with Gasteiger partial charge in [-0.1, -0.05) is 0 Å². The van der Waals surface area contributed by atoms with Gasteiger partial charge >= 0.3 is 5.97 Å². The first-order chi connectivity index (χ1) is 7.27. The lowest BCUT2D eigenvalue weighted by molar-refractivity contribution is 0.0508. The molecule has 0 radical (unpaired) electrons. The molecular formula is C9H14N2O4. The first-order valence-electron chi connectivity index (χ1n) is 4.88. The van der Waals surface area contributed by atoms with E-state index in [1.165, 1.54) is 0 Å². The number of nitrogens with zero attached hydrogens (tertiary/aromatic N) is 2. The lowest BCUT2D eigenvalue weighted by atomic mass is 10.2. The zero-order valence-corrected chi connectivity index (χ0v) is 8.60. The Morgan fingerprint density at radius 3 is 3.00 bits per heavy atom. The molecule has 1 aromatic heterocycles. The maximum absolute atomic E-state index is 11.1. The molecule has 0 saturated carbocycles. The summed E-state index contributed by atoms with van der Waals surface area (Å²) in [6, 6.07) is 0. The molecule has 6 nitrogen and oxygen atoms in total. The molecular weight excluding hydrogens is 200 g/mol. The van der Waals surface area contributed by atoms with E-state index >= 15 is 0 Å². The minimum absolute atomic E-state index is 0.0455. The van der Waals surface area contributed by atoms with Crippen LogP contribution in [0.3, 0.4) is 0 Å². The van der Waals surface area contributed by atoms with E-state index in [0.717, 1.165) is 6.42 Å². The Labute approximate surface area is 87.2 Å². The van der Waals surface area contributed by atoms with E-state index in [-0.39, 0.29) is 19.0 Å². The molecule has 1 rings (SSSR count). The Hall–Kier alpha value is -1.43. The van der Waals surface area contributed by atoms with Crippen LogP contribution in [0.5, 0.6) is 0 Å². The Morgan fingerprint density at radius 1 is 1.53 bits per heavy atom. The van der Waals surface area contributed by atoms with Gasteiger partial charge in [0.1, 0.15) is 0 Å². The second kappa shape index (κ2) is 6.13. The van der Waals surface area contributed by atoms with Gasteiger partial charge in [0.05, 0.1) is 6.61 Å². The zero-order chi connectivity index (χ0) is 11.1. The van der Waals surface area contributed by atoms with Crippen LogP contribution in [0.4, 0.5) is 0 Å². The fraction of sp³-hybridized carbons (Fsp3) is 0.667. The smallest absolute Gasteiger partial charge is 0.379 e. The highest BCUT2D eigenvalue weighted by Crippen LogP contribution is 2.03. The molecule has 6 heteroatoms. The highest BCUT2D eigenvalue weighted by atomic mass is 16.5. The molecule has 0 saturated heterocycles. The van der Waals surface area contributed by atoms with Crippen LogP contribution in [0, 0.1) is 0 Å². The number of aromatic nitrogens is 2. The summed E-state index contributed by atoms with van der Waals surface area (Å²) in [5, 5.41) is 12.1. The topological polar surface area (TPSA) is 85.5 Å². The molecule has 0 aliphatic carbocycles. The van der Waals surface area contributed by atoms with Crippen molar-refractivity contribution in [2.24, 2.45) is 0 Å². The van der Waals surface area contributed by atoms with Crippen molar-refractivity contribution in [1.29, 1.82) is 0 Å². The summed E-state index contributed by atoms with van der Waals surface area (Å²) in [7, 11) is 0. The van der Waals surface area contributed by atoms with Crippen molar-refractivity contribution < 1.29 is 19.2 Å². The Morgan fingerprint density at radius 2 is 2.33 bits per heavy atom. The number of unbranched alkanes of at least 4 members (excludes halogenated alkanes) is 1. The number of esters is 1. The van der Waals surface area contributed by atoms with Crippen LogP contribution in [-0.4, -0.2) is 34.4 Å². The van der Waals surface area contributed by atoms with E-state index in [4.69, 9.17) is 14.4 Å². The lowest BCUT2D eigenvalue weighted by Gasteiger charge is -1.93. The molecule has 0 bridgehead atoms. The molecule has 0 atom stereocenters. The van der Waals surface area contributed by atoms with Crippen LogP contribution < -0.4 is 0 Å². The van der Waals surface area contributed by atoms with Crippen LogP contribution >= 0.6 is 0 Å². The van der Waals surface area contributed by atoms with Crippen molar-refractivity contribution in [2.75, 3.05) is 13.2 Å². The van der Waals surface area contributed by atoms with Crippen LogP contribution in [-0.2, 0) is 11.2 Å². The monoisotopic (exact) mass is 214 g/mol. The molecule has 0 aliphatic heterocycles. The molecule has 0 aromatic carbocycles. The average molecular weight is 214 g/mol. The fourth-order valence-corrected chi connectivity index (χ4v) is 1.02. The molecule has 0 fully saturated rings. The lowest BCUT2D eigenvalue weighted by Crippen LogP contribution is -2.06. The van der Waals surface area contributed by atoms with E-state index in [2.05, 4.69) is 10.1 Å². The second-order valence-corrected chi connectivity index (χ2v) is 2.91. The number of carbonyl (C=O) groups excluding carboxylic acids is 1. The number of aryl methyl sites for hydroxylation is 1. The largest absolute Gasteiger partial charge is 0.460 e. The van der Waals surface area contributed by atoms with Crippen molar-refractivity contribution in [3.8, 4) is 0 Å². The predicted octanol–water partition coefficient (Wildman–Crippen LogP) is 0.561. The zero-order valence-electron chi connectivity index (χ0n) is 8.60. The molecule has 1 heterocycles. The van der Waals surface area contributed by atoms with Gasteiger partial charge in [0.2, 0.25) is 5.89 Å². The number of ether oxygens (including phenoxy) is 1. The molecule has 0 amide bonds. The fourth-order valence-electron chi connectivity index (χ4n) is 1.02. The third-order valence-electron chi connectivity index (χ3n) is 1.72. The van der Waals surface area contributed by atoms with Crippen LogP contribution in [0.15, 0.2) is 4.52 Å². The van der Waals surface area contributed by atoms with Gasteiger partial charge in [0.15, 0.2) is 0 Å². The molecule has 0 spiro atoms. The highest BCUT2D eigenvalue weighted by Gasteiger charge is 2.14. The molecule has 84 valence electrons. The van der Waals surface area contributed by atoms with E-state index in [0.29, 0.717) is 18.7 Å². The summed E-state index contributed by atoms with van der Waals surface area (Å²) in [6.07, 6.45) is 1.99. The van der Waals surface area contributed by atoms with E-state index in [1.54, 1.807) is 6.92 Å². The number of aliphatic hydroxyl groups excluding tert-OH is 1. The number of hydrogen-bond acceptors (Lipinski definition) is 6. The number of carbonyl (C=O) groups is 1. The summed E-state index contributed by atoms with van der Waals surface area (Å²) in [6.45, 7) is 2.13. The molecule has 1 aromatic rings. The number of hydrogen-bond donors (Lipinski definition) is 1. The van der Waals surface area contributed by atoms with Crippen molar-refractivity contribution >= 4 is 5.97 Å². The van der Waals surface area contributed by atoms with E-state index in [1.807, 2.05) is 0 Å². The number of aliphatic hydroxyl groups is 1. The van der Waals surface area contributed by atoms with Gasteiger partial charge in [-0.05, 0) is 24.9 Å². The molecule has 0 aliphatic rings. The SMILES string of the molecule is CCOC(=O)c1noc(CCCCO)n1. The summed E-state index contributed by atoms with van der Waals surface area (Å²) in [5.41, 5.74) is 0. The van der Waals surface area contributed by atoms with Gasteiger partial charge in [-0.15, -0.1) is 0 Å². The minimum Gasteiger partial charge on any atom is -0.460 e. The summed E-state index contributed by atoms with van der Waals surface area (Å²) >= 11 is 0. The predicted molar refractivity (Wildman–Crippen MR) is 50.3 cm³/mol. The van der Waals surface area contributed by atoms with Gasteiger partial charge in [0.25, 0.3) is 5.82 Å². The van der Waals surface area contributed by atoms with E-state index < -0.39 is 5.97 Å². The first kappa shape index (κ1) is 11.6. The van der Waals surface area contributed by atoms with Crippen LogP contribution in [0.25, 0.3) is 0 Å². The van der Waals surface area contributed by atoms with Gasteiger partial charge in [-0.3, -0.25) is 0 Å². The van der Waals surface area contributed by atoms with Crippen molar-refractivity contribution in [3.05, 3.63) is 11.7 Å². The second-order valence-electron chi connectivity index (χ2n) is 2.91. The summed E-state index contributed by atoms with van der Waals surface area (Å²) in [4.78, 5) is 15.0. The van der Waals surface area contributed by atoms with E-state index in [9.17, 15) is 4.79 Å². The highest BCUT2D eigenvalue weighted by molar-refractivity contribution is 5.84. The Balaban J connectivity index is 2.45. The maximum Gasteiger partial charge on any atom is 0.379 e. The maximum atomic E-state index is 11.1. The van der Waals surface area contributed by atoms with Crippen LogP contribution in [0.2, 0.25) is 0 Å². The van der Waals surface area contributed by atoms with Gasteiger partial charge in [-0.2, -0.15) is 4.98 Å². The minimum atomic E-state index is -0.574. The third kappa shape index (κ3) is 3.67. The molecule has 1 N–H and O–H groups in total. The Bertz CT molecular complexity index is 311. The third-order valence-corrected chi connectivity index (χ3v) is 1.72. The molecule has 15 heavy (non-hydrogen) atoms. The van der Waals surface area contributed by atoms with Gasteiger partial charge in [-0.25, -0.2) is 4.79 Å². The van der Waals surface area contributed by atoms with Gasteiger partial charge < -0.3 is 14.4 Å². The Kier molecular flexibility index (Phi) is 4.76. The summed E-state index contributed by atoms with van der Waals surface area (Å²) in [5.74, 6) is -0.225. The standard InChI is InChI=1S/C9H14N2O4/c1-2-14-9(13)8-10-7(15-11-8)5-3-4-6-12/h12H,2-6H2,1H3. The van der Waals surface area contributed by atoms with Crippen molar-refractivity contribution in [3.63, 3.8) is 0 Å². The van der Waals surface area contributed by atoms with Crippen molar-refractivity contribution in [1.82, 2.24) is 10.1 Å². The molecule has 0 unspecified atom stereocenters. The number of rotatable bonds is 6.